The Hall–Kier alpha value is -2.76. The maximum Gasteiger partial charge on any atom is 0.277 e. The van der Waals surface area contributed by atoms with Gasteiger partial charge in [-0.3, -0.25) is 9.48 Å². The summed E-state index contributed by atoms with van der Waals surface area (Å²) in [5.74, 6) is 0.723. The highest BCUT2D eigenvalue weighted by atomic mass is 32.2. The zero-order valence-electron chi connectivity index (χ0n) is 20.5. The molecule has 1 aromatic carbocycles. The fourth-order valence-corrected chi connectivity index (χ4v) is 5.74. The summed E-state index contributed by atoms with van der Waals surface area (Å²) >= 11 is 0. The second-order valence-electron chi connectivity index (χ2n) is 9.31. The molecule has 10 nitrogen and oxygen atoms in total. The Morgan fingerprint density at radius 1 is 1.18 bits per heavy atom. The zero-order valence-corrected chi connectivity index (χ0v) is 21.3. The van der Waals surface area contributed by atoms with Crippen molar-refractivity contribution in [1.29, 1.82) is 0 Å². The van der Waals surface area contributed by atoms with Crippen molar-refractivity contribution < 1.29 is 17.6 Å². The van der Waals surface area contributed by atoms with Crippen LogP contribution >= 0.6 is 0 Å². The van der Waals surface area contributed by atoms with Gasteiger partial charge in [0.2, 0.25) is 10.0 Å². The number of aromatic nitrogens is 4. The number of aromatic amines is 1. The molecule has 1 aliphatic heterocycles. The predicted octanol–water partition coefficient (Wildman–Crippen LogP) is 1.76. The van der Waals surface area contributed by atoms with Gasteiger partial charge in [-0.25, -0.2) is 13.4 Å². The number of nitrogens with zero attached hydrogens (tertiary/aromatic N) is 5. The Bertz CT molecular complexity index is 1370. The van der Waals surface area contributed by atoms with Crippen molar-refractivity contribution in [3.8, 4) is 17.1 Å². The average molecular weight is 490 g/mol. The Kier molecular flexibility index (Phi) is 6.54. The van der Waals surface area contributed by atoms with Gasteiger partial charge in [0, 0.05) is 7.05 Å². The van der Waals surface area contributed by atoms with Crippen LogP contribution in [0.4, 0.5) is 0 Å². The number of sulfonamides is 1. The number of aryl methyl sites for hydroxylation is 2. The second-order valence-corrected chi connectivity index (χ2v) is 11.2. The number of nitrogens with one attached hydrogen (secondary N) is 1. The first-order valence-corrected chi connectivity index (χ1v) is 13.1. The molecule has 0 atom stereocenters. The molecule has 34 heavy (non-hydrogen) atoms. The van der Waals surface area contributed by atoms with E-state index in [1.807, 2.05) is 13.8 Å². The number of piperazine rings is 1. The molecular formula is C23H33N6O4S+. The second kappa shape index (κ2) is 9.12. The van der Waals surface area contributed by atoms with E-state index >= 15 is 0 Å². The zero-order chi connectivity index (χ0) is 24.7. The largest absolute Gasteiger partial charge is 0.493 e. The van der Waals surface area contributed by atoms with Crippen LogP contribution in [0.1, 0.15) is 26.0 Å². The van der Waals surface area contributed by atoms with Crippen LogP contribution in [0.2, 0.25) is 0 Å². The van der Waals surface area contributed by atoms with Gasteiger partial charge in [-0.1, -0.05) is 13.3 Å². The normalized spacial score (nSPS) is 16.7. The molecular weight excluding hydrogens is 456 g/mol. The Labute approximate surface area is 199 Å². The first-order valence-electron chi connectivity index (χ1n) is 11.6. The van der Waals surface area contributed by atoms with Crippen molar-refractivity contribution in [2.24, 2.45) is 7.05 Å². The van der Waals surface area contributed by atoms with E-state index in [9.17, 15) is 13.2 Å². The molecule has 3 aromatic rings. The van der Waals surface area contributed by atoms with E-state index in [1.165, 1.54) is 8.99 Å². The number of likely N-dealkylation sites (N-methyl/N-ethyl adjacent to an activating group) is 1. The number of hydrogen-bond acceptors (Lipinski definition) is 6. The smallest absolute Gasteiger partial charge is 0.277 e. The minimum atomic E-state index is -3.71. The first-order chi connectivity index (χ1) is 16.1. The number of fused-ring (bicyclic) bond motifs is 1. The lowest BCUT2D eigenvalue weighted by Gasteiger charge is -2.38. The van der Waals surface area contributed by atoms with Crippen molar-refractivity contribution in [1.82, 2.24) is 24.1 Å². The summed E-state index contributed by atoms with van der Waals surface area (Å²) in [7, 11) is 2.21. The molecule has 11 heteroatoms. The molecule has 1 aliphatic rings. The van der Waals surface area contributed by atoms with E-state index < -0.39 is 10.0 Å². The maximum atomic E-state index is 13.4. The minimum Gasteiger partial charge on any atom is -0.493 e. The van der Waals surface area contributed by atoms with Crippen LogP contribution in [0, 0.1) is 0 Å². The third-order valence-electron chi connectivity index (χ3n) is 6.30. The Morgan fingerprint density at radius 3 is 2.53 bits per heavy atom. The van der Waals surface area contributed by atoms with Crippen molar-refractivity contribution in [3.05, 3.63) is 34.2 Å². The van der Waals surface area contributed by atoms with E-state index in [0.29, 0.717) is 48.5 Å². The minimum absolute atomic E-state index is 0.154. The predicted molar refractivity (Wildman–Crippen MR) is 130 cm³/mol. The van der Waals surface area contributed by atoms with Gasteiger partial charge in [0.1, 0.15) is 17.1 Å². The third kappa shape index (κ3) is 4.47. The monoisotopic (exact) mass is 489 g/mol. The summed E-state index contributed by atoms with van der Waals surface area (Å²) in [6.45, 7) is 6.67. The van der Waals surface area contributed by atoms with Crippen LogP contribution in [-0.4, -0.2) is 83.8 Å². The topological polar surface area (TPSA) is 110 Å². The molecule has 1 fully saturated rings. The maximum absolute atomic E-state index is 13.4. The number of hydrogen-bond donors (Lipinski definition) is 1. The number of rotatable bonds is 7. The number of benzene rings is 1. The fraction of sp³-hybridized carbons (Fsp3) is 0.522. The van der Waals surface area contributed by atoms with Crippen molar-refractivity contribution in [2.75, 3.05) is 46.9 Å². The van der Waals surface area contributed by atoms with E-state index in [1.54, 1.807) is 25.2 Å². The van der Waals surface area contributed by atoms with Crippen LogP contribution in [0.15, 0.2) is 27.9 Å². The average Bonchev–Trinajstić information content (AvgIpc) is 3.09. The molecule has 2 aromatic heterocycles. The van der Waals surface area contributed by atoms with Gasteiger partial charge in [0.25, 0.3) is 5.56 Å². The number of ether oxygens (including phenoxy) is 1. The molecule has 0 bridgehead atoms. The lowest BCUT2D eigenvalue weighted by molar-refractivity contribution is -0.893. The molecule has 4 rings (SSSR count). The van der Waals surface area contributed by atoms with Gasteiger partial charge < -0.3 is 14.2 Å². The van der Waals surface area contributed by atoms with Gasteiger partial charge in [-0.05, 0) is 31.5 Å². The summed E-state index contributed by atoms with van der Waals surface area (Å²) in [5.41, 5.74) is 1.76. The van der Waals surface area contributed by atoms with E-state index in [0.717, 1.165) is 29.7 Å². The van der Waals surface area contributed by atoms with Crippen LogP contribution < -0.4 is 10.3 Å². The highest BCUT2D eigenvalue weighted by Gasteiger charge is 2.33. The summed E-state index contributed by atoms with van der Waals surface area (Å²) < 4.78 is 36.5. The standard InChI is InChI=1S/C23H32N6O4S/c1-6-8-18-20-21(27(3)26-18)23(30)25-22(24-20)17-15-16(9-10-19(17)33-7-2)34(31,32)28-11-13-29(4,5)14-12-28/h9-10,15H,6-8,11-14H2,1-5H3/p+1. The fourth-order valence-electron chi connectivity index (χ4n) is 4.29. The molecule has 0 saturated carbocycles. The molecule has 3 heterocycles. The first kappa shape index (κ1) is 24.4. The SMILES string of the molecule is CCCc1nn(C)c2c(=O)[nH]c(-c3cc(S(=O)(=O)N4CC[N+](C)(C)CC4)ccc3OCC)nc12. The van der Waals surface area contributed by atoms with Crippen LogP contribution in [-0.2, 0) is 23.5 Å². The van der Waals surface area contributed by atoms with Gasteiger partial charge in [-0.2, -0.15) is 9.40 Å². The number of quaternary nitrogens is 1. The summed E-state index contributed by atoms with van der Waals surface area (Å²) in [6.07, 6.45) is 1.54. The molecule has 0 amide bonds. The quantitative estimate of drug-likeness (QED) is 0.507. The van der Waals surface area contributed by atoms with E-state index in [2.05, 4.69) is 24.2 Å². The lowest BCUT2D eigenvalue weighted by atomic mass is 10.1. The summed E-state index contributed by atoms with van der Waals surface area (Å²) in [4.78, 5) is 20.6. The van der Waals surface area contributed by atoms with Crippen molar-refractivity contribution >= 4 is 21.1 Å². The van der Waals surface area contributed by atoms with E-state index in [-0.39, 0.29) is 16.3 Å². The van der Waals surface area contributed by atoms with Crippen LogP contribution in [0.5, 0.6) is 5.75 Å². The van der Waals surface area contributed by atoms with Gasteiger partial charge in [-0.15, -0.1) is 0 Å². The van der Waals surface area contributed by atoms with Gasteiger partial charge >= 0.3 is 0 Å². The van der Waals surface area contributed by atoms with Gasteiger partial charge in [0.15, 0.2) is 5.52 Å². The van der Waals surface area contributed by atoms with Crippen molar-refractivity contribution in [2.45, 2.75) is 31.6 Å². The van der Waals surface area contributed by atoms with E-state index in [4.69, 9.17) is 9.72 Å². The highest BCUT2D eigenvalue weighted by molar-refractivity contribution is 7.89. The van der Waals surface area contributed by atoms with Gasteiger partial charge in [0.05, 0.1) is 63.0 Å². The van der Waals surface area contributed by atoms with Crippen LogP contribution in [0.25, 0.3) is 22.4 Å². The molecule has 0 aliphatic carbocycles. The van der Waals surface area contributed by atoms with Crippen LogP contribution in [0.3, 0.4) is 0 Å². The third-order valence-corrected chi connectivity index (χ3v) is 8.20. The Balaban J connectivity index is 1.83. The molecule has 0 unspecified atom stereocenters. The van der Waals surface area contributed by atoms with Crippen molar-refractivity contribution in [3.63, 3.8) is 0 Å². The molecule has 0 spiro atoms. The molecule has 0 radical (unpaired) electrons. The summed E-state index contributed by atoms with van der Waals surface area (Å²) in [6, 6.07) is 4.74. The summed E-state index contributed by atoms with van der Waals surface area (Å²) in [5, 5.41) is 4.46. The molecule has 1 N–H and O–H groups in total. The lowest BCUT2D eigenvalue weighted by Crippen LogP contribution is -2.55. The highest BCUT2D eigenvalue weighted by Crippen LogP contribution is 2.32. The number of H-pyrrole nitrogens is 1. The molecule has 184 valence electrons. The molecule has 1 saturated heterocycles. The Morgan fingerprint density at radius 2 is 1.88 bits per heavy atom.